The fourth-order valence-electron chi connectivity index (χ4n) is 2.20. The summed E-state index contributed by atoms with van der Waals surface area (Å²) >= 11 is 0. The summed E-state index contributed by atoms with van der Waals surface area (Å²) in [7, 11) is 0. The van der Waals surface area contributed by atoms with Crippen LogP contribution >= 0.6 is 0 Å². The summed E-state index contributed by atoms with van der Waals surface area (Å²) in [6.45, 7) is 8.79. The van der Waals surface area contributed by atoms with Gasteiger partial charge in [0, 0.05) is 26.2 Å². The zero-order valence-electron chi connectivity index (χ0n) is 12.9. The van der Waals surface area contributed by atoms with Crippen LogP contribution in [-0.4, -0.2) is 67.9 Å². The van der Waals surface area contributed by atoms with E-state index in [-0.39, 0.29) is 18.5 Å². The number of amides is 2. The predicted octanol–water partition coefficient (Wildman–Crippen LogP) is 0.365. The van der Waals surface area contributed by atoms with Crippen molar-refractivity contribution in [1.82, 2.24) is 15.5 Å². The Labute approximate surface area is 126 Å². The van der Waals surface area contributed by atoms with Crippen molar-refractivity contribution in [3.8, 4) is 0 Å². The molecule has 3 N–H and O–H groups in total. The standard InChI is InChI=1S/C14H27N3O4/c1-11(2)12(13(18)19)10-16-14(20)15-4-3-5-17-6-8-21-9-7-17/h11-12H,3-10H2,1-2H3,(H,18,19)(H2,15,16,20). The second kappa shape index (κ2) is 9.57. The lowest BCUT2D eigenvalue weighted by molar-refractivity contribution is -0.142. The average molecular weight is 301 g/mol. The van der Waals surface area contributed by atoms with Gasteiger partial charge < -0.3 is 20.5 Å². The predicted molar refractivity (Wildman–Crippen MR) is 79.2 cm³/mol. The van der Waals surface area contributed by atoms with E-state index in [1.54, 1.807) is 0 Å². The molecule has 0 spiro atoms. The smallest absolute Gasteiger partial charge is 0.314 e. The van der Waals surface area contributed by atoms with E-state index in [1.165, 1.54) is 0 Å². The van der Waals surface area contributed by atoms with Crippen LogP contribution in [0.2, 0.25) is 0 Å². The molecule has 0 aromatic carbocycles. The number of hydrogen-bond acceptors (Lipinski definition) is 4. The second-order valence-electron chi connectivity index (χ2n) is 5.63. The summed E-state index contributed by atoms with van der Waals surface area (Å²) in [4.78, 5) is 24.9. The van der Waals surface area contributed by atoms with E-state index in [9.17, 15) is 9.59 Å². The van der Waals surface area contributed by atoms with Crippen molar-refractivity contribution >= 4 is 12.0 Å². The van der Waals surface area contributed by atoms with Crippen LogP contribution in [0, 0.1) is 11.8 Å². The number of carbonyl (C=O) groups excluding carboxylic acids is 1. The van der Waals surface area contributed by atoms with E-state index in [2.05, 4.69) is 15.5 Å². The van der Waals surface area contributed by atoms with Crippen LogP contribution in [0.15, 0.2) is 0 Å². The summed E-state index contributed by atoms with van der Waals surface area (Å²) in [6, 6.07) is -0.302. The lowest BCUT2D eigenvalue weighted by atomic mass is 9.96. The van der Waals surface area contributed by atoms with Gasteiger partial charge in [-0.2, -0.15) is 0 Å². The van der Waals surface area contributed by atoms with Gasteiger partial charge in [-0.3, -0.25) is 9.69 Å². The van der Waals surface area contributed by atoms with E-state index in [0.717, 1.165) is 39.3 Å². The molecule has 1 fully saturated rings. The number of urea groups is 1. The van der Waals surface area contributed by atoms with Crippen molar-refractivity contribution in [3.63, 3.8) is 0 Å². The van der Waals surface area contributed by atoms with Crippen LogP contribution < -0.4 is 10.6 Å². The number of carbonyl (C=O) groups is 2. The first-order valence-electron chi connectivity index (χ1n) is 7.55. The minimum atomic E-state index is -0.877. The number of rotatable bonds is 8. The number of morpholine rings is 1. The molecule has 21 heavy (non-hydrogen) atoms. The Morgan fingerprint density at radius 3 is 2.48 bits per heavy atom. The Kier molecular flexibility index (Phi) is 8.07. The maximum absolute atomic E-state index is 11.6. The van der Waals surface area contributed by atoms with Crippen LogP contribution in [0.5, 0.6) is 0 Å². The molecule has 0 aliphatic carbocycles. The molecular weight excluding hydrogens is 274 g/mol. The van der Waals surface area contributed by atoms with E-state index in [4.69, 9.17) is 9.84 Å². The zero-order valence-corrected chi connectivity index (χ0v) is 12.9. The number of ether oxygens (including phenoxy) is 1. The molecule has 1 heterocycles. The van der Waals surface area contributed by atoms with Gasteiger partial charge in [0.1, 0.15) is 0 Å². The summed E-state index contributed by atoms with van der Waals surface area (Å²) < 4.78 is 5.27. The van der Waals surface area contributed by atoms with Crippen LogP contribution in [0.3, 0.4) is 0 Å². The summed E-state index contributed by atoms with van der Waals surface area (Å²) in [5.74, 6) is -1.44. The molecule has 1 saturated heterocycles. The number of carboxylic acid groups (broad SMARTS) is 1. The molecule has 0 aromatic heterocycles. The molecular formula is C14H27N3O4. The van der Waals surface area contributed by atoms with E-state index in [0.29, 0.717) is 6.54 Å². The highest BCUT2D eigenvalue weighted by Crippen LogP contribution is 2.09. The highest BCUT2D eigenvalue weighted by Gasteiger charge is 2.21. The third kappa shape index (κ3) is 7.29. The second-order valence-corrected chi connectivity index (χ2v) is 5.63. The first-order chi connectivity index (χ1) is 10.0. The minimum Gasteiger partial charge on any atom is -0.481 e. The molecule has 7 heteroatoms. The van der Waals surface area contributed by atoms with Crippen LogP contribution in [0.1, 0.15) is 20.3 Å². The molecule has 1 atom stereocenters. The molecule has 2 amide bonds. The lowest BCUT2D eigenvalue weighted by Gasteiger charge is -2.26. The van der Waals surface area contributed by atoms with Gasteiger partial charge in [0.15, 0.2) is 0 Å². The molecule has 1 rings (SSSR count). The summed E-state index contributed by atoms with van der Waals surface area (Å²) in [5, 5.41) is 14.4. The highest BCUT2D eigenvalue weighted by atomic mass is 16.5. The molecule has 0 radical (unpaired) electrons. The topological polar surface area (TPSA) is 90.9 Å². The van der Waals surface area contributed by atoms with Crippen molar-refractivity contribution in [1.29, 1.82) is 0 Å². The third-order valence-electron chi connectivity index (χ3n) is 3.64. The normalized spacial score (nSPS) is 17.5. The van der Waals surface area contributed by atoms with Crippen molar-refractivity contribution in [2.45, 2.75) is 20.3 Å². The average Bonchev–Trinajstić information content (AvgIpc) is 2.44. The Morgan fingerprint density at radius 1 is 1.24 bits per heavy atom. The Bertz CT molecular complexity index is 330. The van der Waals surface area contributed by atoms with Gasteiger partial charge in [-0.1, -0.05) is 13.8 Å². The molecule has 1 aliphatic rings. The molecule has 122 valence electrons. The largest absolute Gasteiger partial charge is 0.481 e. The van der Waals surface area contributed by atoms with Crippen LogP contribution in [0.25, 0.3) is 0 Å². The van der Waals surface area contributed by atoms with Gasteiger partial charge in [-0.25, -0.2) is 4.79 Å². The van der Waals surface area contributed by atoms with Crippen molar-refractivity contribution in [2.24, 2.45) is 11.8 Å². The van der Waals surface area contributed by atoms with Gasteiger partial charge in [0.05, 0.1) is 19.1 Å². The van der Waals surface area contributed by atoms with Gasteiger partial charge in [0.25, 0.3) is 0 Å². The Morgan fingerprint density at radius 2 is 1.90 bits per heavy atom. The fraction of sp³-hybridized carbons (Fsp3) is 0.857. The number of aliphatic carboxylic acids is 1. The number of carboxylic acids is 1. The molecule has 0 bridgehead atoms. The first kappa shape index (κ1) is 17.7. The Balaban J connectivity index is 2.09. The maximum atomic E-state index is 11.6. The molecule has 0 saturated carbocycles. The maximum Gasteiger partial charge on any atom is 0.314 e. The monoisotopic (exact) mass is 301 g/mol. The van der Waals surface area contributed by atoms with Crippen molar-refractivity contribution in [3.05, 3.63) is 0 Å². The molecule has 1 unspecified atom stereocenters. The van der Waals surface area contributed by atoms with Gasteiger partial charge in [0.2, 0.25) is 0 Å². The van der Waals surface area contributed by atoms with Gasteiger partial charge in [-0.15, -0.1) is 0 Å². The zero-order chi connectivity index (χ0) is 15.7. The number of hydrogen-bond donors (Lipinski definition) is 3. The van der Waals surface area contributed by atoms with E-state index >= 15 is 0 Å². The quantitative estimate of drug-likeness (QED) is 0.563. The summed E-state index contributed by atoms with van der Waals surface area (Å²) in [5.41, 5.74) is 0. The fourth-order valence-corrected chi connectivity index (χ4v) is 2.20. The van der Waals surface area contributed by atoms with Crippen LogP contribution in [0.4, 0.5) is 4.79 Å². The third-order valence-corrected chi connectivity index (χ3v) is 3.64. The van der Waals surface area contributed by atoms with Gasteiger partial charge in [-0.05, 0) is 18.9 Å². The van der Waals surface area contributed by atoms with Gasteiger partial charge >= 0.3 is 12.0 Å². The SMILES string of the molecule is CC(C)C(CNC(=O)NCCCN1CCOCC1)C(=O)O. The minimum absolute atomic E-state index is 0.0101. The first-order valence-corrected chi connectivity index (χ1v) is 7.55. The molecule has 7 nitrogen and oxygen atoms in total. The van der Waals surface area contributed by atoms with Crippen molar-refractivity contribution < 1.29 is 19.4 Å². The van der Waals surface area contributed by atoms with Crippen molar-refractivity contribution in [2.75, 3.05) is 45.9 Å². The van der Waals surface area contributed by atoms with E-state index < -0.39 is 11.9 Å². The molecule has 0 aromatic rings. The van der Waals surface area contributed by atoms with E-state index in [1.807, 2.05) is 13.8 Å². The highest BCUT2D eigenvalue weighted by molar-refractivity contribution is 5.75. The Hall–Kier alpha value is -1.34. The lowest BCUT2D eigenvalue weighted by Crippen LogP contribution is -2.42. The summed E-state index contributed by atoms with van der Waals surface area (Å²) in [6.07, 6.45) is 0.875. The number of nitrogens with one attached hydrogen (secondary N) is 2. The molecule has 1 aliphatic heterocycles. The van der Waals surface area contributed by atoms with Crippen LogP contribution in [-0.2, 0) is 9.53 Å². The number of nitrogens with zero attached hydrogens (tertiary/aromatic N) is 1.